The highest BCUT2D eigenvalue weighted by Crippen LogP contribution is 2.30. The summed E-state index contributed by atoms with van der Waals surface area (Å²) in [7, 11) is 0. The molecule has 1 N–H and O–H groups in total. The number of nitrogens with one attached hydrogen (secondary N) is 1. The SMILES string of the molecule is CC1(C)CC(Nc2nc3ccccc3s2)CCO1. The van der Waals surface area contributed by atoms with Crippen molar-refractivity contribution in [2.75, 3.05) is 11.9 Å². The van der Waals surface area contributed by atoms with Crippen molar-refractivity contribution in [2.45, 2.75) is 38.3 Å². The normalized spacial score (nSPS) is 23.1. The van der Waals surface area contributed by atoms with Crippen molar-refractivity contribution in [3.63, 3.8) is 0 Å². The van der Waals surface area contributed by atoms with Gasteiger partial charge >= 0.3 is 0 Å². The summed E-state index contributed by atoms with van der Waals surface area (Å²) in [6.07, 6.45) is 2.09. The minimum atomic E-state index is -0.0212. The monoisotopic (exact) mass is 262 g/mol. The van der Waals surface area contributed by atoms with Gasteiger partial charge in [0.2, 0.25) is 0 Å². The third-order valence-electron chi connectivity index (χ3n) is 3.32. The number of para-hydroxylation sites is 1. The van der Waals surface area contributed by atoms with Crippen molar-refractivity contribution in [3.8, 4) is 0 Å². The van der Waals surface area contributed by atoms with Crippen LogP contribution in [0, 0.1) is 0 Å². The predicted octanol–water partition coefficient (Wildman–Crippen LogP) is 3.67. The summed E-state index contributed by atoms with van der Waals surface area (Å²) in [5, 5.41) is 4.58. The third-order valence-corrected chi connectivity index (χ3v) is 4.29. The number of hydrogen-bond donors (Lipinski definition) is 1. The zero-order chi connectivity index (χ0) is 12.6. The Bertz CT molecular complexity index is 516. The number of rotatable bonds is 2. The van der Waals surface area contributed by atoms with Crippen molar-refractivity contribution in [1.29, 1.82) is 0 Å². The lowest BCUT2D eigenvalue weighted by Gasteiger charge is -2.35. The van der Waals surface area contributed by atoms with E-state index in [1.165, 1.54) is 4.70 Å². The van der Waals surface area contributed by atoms with Crippen LogP contribution in [-0.4, -0.2) is 23.2 Å². The van der Waals surface area contributed by atoms with Gasteiger partial charge in [0.1, 0.15) is 0 Å². The lowest BCUT2D eigenvalue weighted by Crippen LogP contribution is -2.40. The van der Waals surface area contributed by atoms with Crippen molar-refractivity contribution < 1.29 is 4.74 Å². The zero-order valence-corrected chi connectivity index (χ0v) is 11.6. The molecule has 3 nitrogen and oxygen atoms in total. The standard InChI is InChI=1S/C14H18N2OS/c1-14(2)9-10(7-8-17-14)15-13-16-11-5-3-4-6-12(11)18-13/h3-6,10H,7-9H2,1-2H3,(H,15,16). The Morgan fingerprint density at radius 3 is 3.00 bits per heavy atom. The third kappa shape index (κ3) is 2.49. The molecule has 1 saturated heterocycles. The minimum absolute atomic E-state index is 0.0212. The van der Waals surface area contributed by atoms with Gasteiger partial charge in [-0.3, -0.25) is 0 Å². The van der Waals surface area contributed by atoms with E-state index >= 15 is 0 Å². The molecule has 0 radical (unpaired) electrons. The molecule has 1 atom stereocenters. The molecule has 1 unspecified atom stereocenters. The van der Waals surface area contributed by atoms with Crippen LogP contribution in [0.15, 0.2) is 24.3 Å². The molecule has 3 rings (SSSR count). The molecule has 0 saturated carbocycles. The number of benzene rings is 1. The van der Waals surface area contributed by atoms with E-state index in [0.29, 0.717) is 6.04 Å². The van der Waals surface area contributed by atoms with E-state index < -0.39 is 0 Å². The van der Waals surface area contributed by atoms with Crippen molar-refractivity contribution in [1.82, 2.24) is 4.98 Å². The van der Waals surface area contributed by atoms with Crippen LogP contribution in [0.5, 0.6) is 0 Å². The lowest BCUT2D eigenvalue weighted by molar-refractivity contribution is -0.0553. The molecule has 18 heavy (non-hydrogen) atoms. The molecule has 1 aromatic heterocycles. The van der Waals surface area contributed by atoms with Gasteiger partial charge in [0.05, 0.1) is 15.8 Å². The minimum Gasteiger partial charge on any atom is -0.375 e. The molecule has 0 bridgehead atoms. The van der Waals surface area contributed by atoms with E-state index in [2.05, 4.69) is 42.3 Å². The average Bonchev–Trinajstić information content (AvgIpc) is 2.69. The van der Waals surface area contributed by atoms with Crippen LogP contribution in [0.25, 0.3) is 10.2 Å². The number of nitrogens with zero attached hydrogens (tertiary/aromatic N) is 1. The Hall–Kier alpha value is -1.13. The molecule has 2 aromatic rings. The number of ether oxygens (including phenoxy) is 1. The summed E-state index contributed by atoms with van der Waals surface area (Å²) in [5.74, 6) is 0. The van der Waals surface area contributed by atoms with Crippen LogP contribution in [0.1, 0.15) is 26.7 Å². The molecule has 1 aliphatic rings. The fraction of sp³-hybridized carbons (Fsp3) is 0.500. The summed E-state index contributed by atoms with van der Waals surface area (Å²) < 4.78 is 6.98. The highest BCUT2D eigenvalue weighted by Gasteiger charge is 2.29. The highest BCUT2D eigenvalue weighted by atomic mass is 32.1. The largest absolute Gasteiger partial charge is 0.375 e. The van der Waals surface area contributed by atoms with Crippen molar-refractivity contribution in [2.24, 2.45) is 0 Å². The van der Waals surface area contributed by atoms with Crippen LogP contribution < -0.4 is 5.32 Å². The number of hydrogen-bond acceptors (Lipinski definition) is 4. The second-order valence-electron chi connectivity index (χ2n) is 5.43. The Morgan fingerprint density at radius 2 is 2.22 bits per heavy atom. The van der Waals surface area contributed by atoms with E-state index in [-0.39, 0.29) is 5.60 Å². The Morgan fingerprint density at radius 1 is 1.39 bits per heavy atom. The van der Waals surface area contributed by atoms with Crippen molar-refractivity contribution in [3.05, 3.63) is 24.3 Å². The van der Waals surface area contributed by atoms with Gasteiger partial charge < -0.3 is 10.1 Å². The molecule has 1 fully saturated rings. The number of thiazole rings is 1. The smallest absolute Gasteiger partial charge is 0.184 e. The first-order valence-electron chi connectivity index (χ1n) is 6.38. The van der Waals surface area contributed by atoms with Gasteiger partial charge in [0.25, 0.3) is 0 Å². The molecular weight excluding hydrogens is 244 g/mol. The van der Waals surface area contributed by atoms with Crippen LogP contribution >= 0.6 is 11.3 Å². The summed E-state index contributed by atoms with van der Waals surface area (Å²) in [6, 6.07) is 8.73. The molecule has 96 valence electrons. The van der Waals surface area contributed by atoms with Crippen molar-refractivity contribution >= 4 is 26.7 Å². The second kappa shape index (κ2) is 4.52. The molecule has 0 aliphatic carbocycles. The van der Waals surface area contributed by atoms with E-state index in [0.717, 1.165) is 30.1 Å². The summed E-state index contributed by atoms with van der Waals surface area (Å²) in [6.45, 7) is 5.13. The van der Waals surface area contributed by atoms with E-state index in [4.69, 9.17) is 4.74 Å². The van der Waals surface area contributed by atoms with Gasteiger partial charge in [0.15, 0.2) is 5.13 Å². The van der Waals surface area contributed by atoms with Crippen LogP contribution in [0.2, 0.25) is 0 Å². The molecule has 1 aromatic carbocycles. The summed E-state index contributed by atoms with van der Waals surface area (Å²) in [4.78, 5) is 4.62. The maximum Gasteiger partial charge on any atom is 0.184 e. The fourth-order valence-corrected chi connectivity index (χ4v) is 3.41. The highest BCUT2D eigenvalue weighted by molar-refractivity contribution is 7.22. The van der Waals surface area contributed by atoms with Gasteiger partial charge in [-0.05, 0) is 38.8 Å². The van der Waals surface area contributed by atoms with Gasteiger partial charge in [-0.1, -0.05) is 23.5 Å². The Balaban J connectivity index is 1.76. The molecule has 4 heteroatoms. The number of anilines is 1. The fourth-order valence-electron chi connectivity index (χ4n) is 2.46. The van der Waals surface area contributed by atoms with Crippen LogP contribution in [0.3, 0.4) is 0 Å². The first kappa shape index (κ1) is 11.9. The Labute approximate surface area is 111 Å². The Kier molecular flexibility index (Phi) is 2.99. The quantitative estimate of drug-likeness (QED) is 0.896. The summed E-state index contributed by atoms with van der Waals surface area (Å²) >= 11 is 1.73. The first-order chi connectivity index (χ1) is 8.62. The topological polar surface area (TPSA) is 34.2 Å². The maximum absolute atomic E-state index is 5.74. The van der Waals surface area contributed by atoms with E-state index in [1.54, 1.807) is 11.3 Å². The predicted molar refractivity (Wildman–Crippen MR) is 76.3 cm³/mol. The molecule has 0 amide bonds. The van der Waals surface area contributed by atoms with Crippen LogP contribution in [-0.2, 0) is 4.74 Å². The molecular formula is C14H18N2OS. The number of fused-ring (bicyclic) bond motifs is 1. The zero-order valence-electron chi connectivity index (χ0n) is 10.8. The summed E-state index contributed by atoms with van der Waals surface area (Å²) in [5.41, 5.74) is 1.06. The van der Waals surface area contributed by atoms with E-state index in [1.807, 2.05) is 6.07 Å². The lowest BCUT2D eigenvalue weighted by atomic mass is 9.94. The maximum atomic E-state index is 5.74. The average molecular weight is 262 g/mol. The van der Waals surface area contributed by atoms with Gasteiger partial charge in [-0.25, -0.2) is 4.98 Å². The molecule has 0 spiro atoms. The van der Waals surface area contributed by atoms with Gasteiger partial charge in [-0.2, -0.15) is 0 Å². The molecule has 1 aliphatic heterocycles. The van der Waals surface area contributed by atoms with Gasteiger partial charge in [0, 0.05) is 12.6 Å². The second-order valence-corrected chi connectivity index (χ2v) is 6.46. The van der Waals surface area contributed by atoms with Gasteiger partial charge in [-0.15, -0.1) is 0 Å². The molecule has 2 heterocycles. The van der Waals surface area contributed by atoms with Crippen LogP contribution in [0.4, 0.5) is 5.13 Å². The van der Waals surface area contributed by atoms with E-state index in [9.17, 15) is 0 Å². The first-order valence-corrected chi connectivity index (χ1v) is 7.20. The number of aromatic nitrogens is 1.